The number of nitrogens with two attached hydrogens (primary N) is 1. The summed E-state index contributed by atoms with van der Waals surface area (Å²) in [6.07, 6.45) is 6.31. The van der Waals surface area contributed by atoms with Crippen LogP contribution in [0, 0.1) is 5.92 Å². The fourth-order valence-corrected chi connectivity index (χ4v) is 2.11. The standard InChI is InChI=1S/C11H20N4/c1-2-6-15-10(7-9-4-3-5-9)13-14-11(15)8-12/h9H,2-8,12H2,1H3. The molecule has 1 fully saturated rings. The van der Waals surface area contributed by atoms with Crippen molar-refractivity contribution in [3.8, 4) is 0 Å². The summed E-state index contributed by atoms with van der Waals surface area (Å²) in [6, 6.07) is 0. The minimum absolute atomic E-state index is 0.498. The topological polar surface area (TPSA) is 56.7 Å². The highest BCUT2D eigenvalue weighted by Crippen LogP contribution is 2.29. The molecule has 1 aromatic heterocycles. The van der Waals surface area contributed by atoms with E-state index in [1.165, 1.54) is 19.3 Å². The number of nitrogens with zero attached hydrogens (tertiary/aromatic N) is 3. The van der Waals surface area contributed by atoms with Gasteiger partial charge in [0.25, 0.3) is 0 Å². The zero-order valence-corrected chi connectivity index (χ0v) is 9.45. The third-order valence-electron chi connectivity index (χ3n) is 3.23. The van der Waals surface area contributed by atoms with Crippen molar-refractivity contribution in [2.75, 3.05) is 0 Å². The molecule has 0 unspecified atom stereocenters. The first kappa shape index (κ1) is 10.6. The number of aromatic nitrogens is 3. The van der Waals surface area contributed by atoms with Gasteiger partial charge in [0.15, 0.2) is 0 Å². The summed E-state index contributed by atoms with van der Waals surface area (Å²) < 4.78 is 2.21. The van der Waals surface area contributed by atoms with Crippen molar-refractivity contribution >= 4 is 0 Å². The van der Waals surface area contributed by atoms with Crippen LogP contribution >= 0.6 is 0 Å². The van der Waals surface area contributed by atoms with Gasteiger partial charge in [-0.15, -0.1) is 10.2 Å². The molecule has 4 nitrogen and oxygen atoms in total. The van der Waals surface area contributed by atoms with E-state index in [1.54, 1.807) is 0 Å². The second kappa shape index (κ2) is 4.75. The average Bonchev–Trinajstić information content (AvgIpc) is 2.55. The predicted molar refractivity (Wildman–Crippen MR) is 59.2 cm³/mol. The zero-order chi connectivity index (χ0) is 10.7. The molecule has 4 heteroatoms. The van der Waals surface area contributed by atoms with Gasteiger partial charge in [0, 0.05) is 13.0 Å². The van der Waals surface area contributed by atoms with Gasteiger partial charge in [0.1, 0.15) is 11.6 Å². The maximum absolute atomic E-state index is 5.65. The third kappa shape index (κ3) is 2.20. The zero-order valence-electron chi connectivity index (χ0n) is 9.45. The normalized spacial score (nSPS) is 16.7. The van der Waals surface area contributed by atoms with Gasteiger partial charge < -0.3 is 10.3 Å². The van der Waals surface area contributed by atoms with E-state index in [9.17, 15) is 0 Å². The molecule has 0 radical (unpaired) electrons. The van der Waals surface area contributed by atoms with E-state index in [4.69, 9.17) is 5.73 Å². The smallest absolute Gasteiger partial charge is 0.146 e. The first-order valence-corrected chi connectivity index (χ1v) is 5.96. The van der Waals surface area contributed by atoms with E-state index in [-0.39, 0.29) is 0 Å². The van der Waals surface area contributed by atoms with Crippen molar-refractivity contribution in [2.45, 2.75) is 52.1 Å². The SMILES string of the molecule is CCCn1c(CN)nnc1CC1CCC1. The van der Waals surface area contributed by atoms with Crippen LogP contribution in [0.25, 0.3) is 0 Å². The minimum atomic E-state index is 0.498. The van der Waals surface area contributed by atoms with Crippen LogP contribution < -0.4 is 5.73 Å². The van der Waals surface area contributed by atoms with Gasteiger partial charge in [-0.3, -0.25) is 0 Å². The van der Waals surface area contributed by atoms with E-state index in [0.29, 0.717) is 6.54 Å². The van der Waals surface area contributed by atoms with Crippen molar-refractivity contribution in [1.82, 2.24) is 14.8 Å². The number of rotatable bonds is 5. The monoisotopic (exact) mass is 208 g/mol. The van der Waals surface area contributed by atoms with E-state index in [1.807, 2.05) is 0 Å². The molecule has 0 bridgehead atoms. The summed E-state index contributed by atoms with van der Waals surface area (Å²) in [6.45, 7) is 3.67. The summed E-state index contributed by atoms with van der Waals surface area (Å²) in [4.78, 5) is 0. The fraction of sp³-hybridized carbons (Fsp3) is 0.818. The Hall–Kier alpha value is -0.900. The Morgan fingerprint density at radius 1 is 1.33 bits per heavy atom. The molecule has 0 aromatic carbocycles. The van der Waals surface area contributed by atoms with Crippen LogP contribution in [0.15, 0.2) is 0 Å². The van der Waals surface area contributed by atoms with Crippen molar-refractivity contribution in [2.24, 2.45) is 11.7 Å². The molecular formula is C11H20N4. The predicted octanol–water partition coefficient (Wildman–Crippen LogP) is 1.49. The largest absolute Gasteiger partial charge is 0.324 e. The third-order valence-corrected chi connectivity index (χ3v) is 3.23. The molecule has 1 saturated carbocycles. The van der Waals surface area contributed by atoms with Crippen molar-refractivity contribution in [1.29, 1.82) is 0 Å². The van der Waals surface area contributed by atoms with Crippen LogP contribution in [0.5, 0.6) is 0 Å². The first-order valence-electron chi connectivity index (χ1n) is 5.96. The highest BCUT2D eigenvalue weighted by molar-refractivity contribution is 4.98. The highest BCUT2D eigenvalue weighted by Gasteiger charge is 2.21. The van der Waals surface area contributed by atoms with Gasteiger partial charge in [-0.2, -0.15) is 0 Å². The Morgan fingerprint density at radius 2 is 2.07 bits per heavy atom. The summed E-state index contributed by atoms with van der Waals surface area (Å²) in [5.74, 6) is 2.92. The molecule has 0 spiro atoms. The van der Waals surface area contributed by atoms with Crippen LogP contribution in [0.3, 0.4) is 0 Å². The Bertz CT molecular complexity index is 314. The number of hydrogen-bond donors (Lipinski definition) is 1. The van der Waals surface area contributed by atoms with Gasteiger partial charge in [-0.1, -0.05) is 26.2 Å². The molecule has 2 N–H and O–H groups in total. The molecule has 15 heavy (non-hydrogen) atoms. The van der Waals surface area contributed by atoms with Gasteiger partial charge in [0.05, 0.1) is 6.54 Å². The quantitative estimate of drug-likeness (QED) is 0.797. The van der Waals surface area contributed by atoms with Gasteiger partial charge in [-0.25, -0.2) is 0 Å². The van der Waals surface area contributed by atoms with E-state index in [2.05, 4.69) is 21.7 Å². The van der Waals surface area contributed by atoms with E-state index in [0.717, 1.165) is 37.0 Å². The van der Waals surface area contributed by atoms with Gasteiger partial charge >= 0.3 is 0 Å². The molecule has 0 aliphatic heterocycles. The molecule has 1 aliphatic rings. The lowest BCUT2D eigenvalue weighted by molar-refractivity contribution is 0.305. The fourth-order valence-electron chi connectivity index (χ4n) is 2.11. The molecule has 1 heterocycles. The average molecular weight is 208 g/mol. The Balaban J connectivity index is 2.09. The Labute approximate surface area is 90.9 Å². The second-order valence-electron chi connectivity index (χ2n) is 4.39. The minimum Gasteiger partial charge on any atom is -0.324 e. The maximum atomic E-state index is 5.65. The molecule has 1 aromatic rings. The molecule has 0 amide bonds. The van der Waals surface area contributed by atoms with Crippen LogP contribution in [0.4, 0.5) is 0 Å². The molecule has 2 rings (SSSR count). The number of hydrogen-bond acceptors (Lipinski definition) is 3. The maximum Gasteiger partial charge on any atom is 0.146 e. The van der Waals surface area contributed by atoms with Crippen molar-refractivity contribution < 1.29 is 0 Å². The van der Waals surface area contributed by atoms with Crippen molar-refractivity contribution in [3.63, 3.8) is 0 Å². The molecule has 1 aliphatic carbocycles. The molecular weight excluding hydrogens is 188 g/mol. The van der Waals surface area contributed by atoms with Crippen LogP contribution in [0.2, 0.25) is 0 Å². The lowest BCUT2D eigenvalue weighted by Crippen LogP contribution is -2.18. The molecule has 0 saturated heterocycles. The lowest BCUT2D eigenvalue weighted by atomic mass is 9.83. The Kier molecular flexibility index (Phi) is 3.36. The first-order chi connectivity index (χ1) is 7.35. The summed E-state index contributed by atoms with van der Waals surface area (Å²) in [5, 5.41) is 8.41. The van der Waals surface area contributed by atoms with Crippen LogP contribution in [-0.4, -0.2) is 14.8 Å². The van der Waals surface area contributed by atoms with Gasteiger partial charge in [-0.05, 0) is 12.3 Å². The van der Waals surface area contributed by atoms with Crippen LogP contribution in [0.1, 0.15) is 44.3 Å². The van der Waals surface area contributed by atoms with Gasteiger partial charge in [0.2, 0.25) is 0 Å². The highest BCUT2D eigenvalue weighted by atomic mass is 15.3. The molecule has 84 valence electrons. The van der Waals surface area contributed by atoms with E-state index >= 15 is 0 Å². The summed E-state index contributed by atoms with van der Waals surface area (Å²) in [5.41, 5.74) is 5.65. The van der Waals surface area contributed by atoms with Crippen LogP contribution in [-0.2, 0) is 19.5 Å². The Morgan fingerprint density at radius 3 is 2.60 bits per heavy atom. The van der Waals surface area contributed by atoms with E-state index < -0.39 is 0 Å². The van der Waals surface area contributed by atoms with Crippen molar-refractivity contribution in [3.05, 3.63) is 11.6 Å². The lowest BCUT2D eigenvalue weighted by Gasteiger charge is -2.24. The molecule has 0 atom stereocenters. The second-order valence-corrected chi connectivity index (χ2v) is 4.39. The summed E-state index contributed by atoms with van der Waals surface area (Å²) in [7, 11) is 0. The summed E-state index contributed by atoms with van der Waals surface area (Å²) >= 11 is 0.